The van der Waals surface area contributed by atoms with E-state index in [-0.39, 0.29) is 6.03 Å². The maximum atomic E-state index is 11.4. The fraction of sp³-hybridized carbons (Fsp3) is 0.176. The van der Waals surface area contributed by atoms with Crippen LogP contribution in [-0.2, 0) is 11.3 Å². The van der Waals surface area contributed by atoms with Crippen molar-refractivity contribution in [3.05, 3.63) is 41.7 Å². The van der Waals surface area contributed by atoms with Gasteiger partial charge in [0.15, 0.2) is 0 Å². The van der Waals surface area contributed by atoms with Crippen molar-refractivity contribution in [2.75, 3.05) is 5.32 Å². The van der Waals surface area contributed by atoms with Crippen LogP contribution in [0.25, 0.3) is 22.2 Å². The lowest BCUT2D eigenvalue weighted by atomic mass is 10.0. The van der Waals surface area contributed by atoms with Crippen molar-refractivity contribution in [1.82, 2.24) is 20.5 Å². The first-order valence-electron chi connectivity index (χ1n) is 7.94. The van der Waals surface area contributed by atoms with Gasteiger partial charge in [0.2, 0.25) is 0 Å². The average Bonchev–Trinajstić information content (AvgIpc) is 3.02. The van der Waals surface area contributed by atoms with Gasteiger partial charge in [-0.25, -0.2) is 9.59 Å². The number of hydrogen-bond donors (Lipinski definition) is 4. The van der Waals surface area contributed by atoms with Crippen LogP contribution in [0.4, 0.5) is 23.7 Å². The molecular weight excluding hydrogens is 379 g/mol. The molecule has 1 aliphatic rings. The monoisotopic (exact) mass is 393 g/mol. The highest BCUT2D eigenvalue weighted by atomic mass is 19.4. The third kappa shape index (κ3) is 4.03. The SMILES string of the molecule is Cc1cc(-c2n[nH]c3cc4c(cc23)CNC(=O)N4)ccn1.O=C(O)C(F)(F)F. The second-order valence-corrected chi connectivity index (χ2v) is 5.92. The fourth-order valence-corrected chi connectivity index (χ4v) is 2.63. The van der Waals surface area contributed by atoms with Crippen molar-refractivity contribution >= 4 is 28.6 Å². The molecule has 4 rings (SSSR count). The Kier molecular flexibility index (Phi) is 4.91. The topological polar surface area (TPSA) is 120 Å². The molecule has 0 saturated carbocycles. The number of aromatic amines is 1. The zero-order chi connectivity index (χ0) is 20.5. The molecular formula is C17H14F3N5O3. The lowest BCUT2D eigenvalue weighted by molar-refractivity contribution is -0.192. The lowest BCUT2D eigenvalue weighted by Gasteiger charge is -2.18. The highest BCUT2D eigenvalue weighted by Gasteiger charge is 2.38. The smallest absolute Gasteiger partial charge is 0.475 e. The van der Waals surface area contributed by atoms with Gasteiger partial charge < -0.3 is 15.7 Å². The number of carboxylic acid groups (broad SMARTS) is 1. The number of nitrogens with one attached hydrogen (secondary N) is 3. The molecule has 3 aromatic rings. The lowest BCUT2D eigenvalue weighted by Crippen LogP contribution is -2.33. The van der Waals surface area contributed by atoms with Gasteiger partial charge in [-0.15, -0.1) is 0 Å². The molecule has 0 bridgehead atoms. The molecule has 3 heterocycles. The van der Waals surface area contributed by atoms with Crippen molar-refractivity contribution in [2.45, 2.75) is 19.6 Å². The summed E-state index contributed by atoms with van der Waals surface area (Å²) >= 11 is 0. The number of H-pyrrole nitrogens is 1. The van der Waals surface area contributed by atoms with Gasteiger partial charge in [0.25, 0.3) is 0 Å². The quantitative estimate of drug-likeness (QED) is 0.506. The summed E-state index contributed by atoms with van der Waals surface area (Å²) in [7, 11) is 0. The average molecular weight is 393 g/mol. The summed E-state index contributed by atoms with van der Waals surface area (Å²) in [5, 5.41) is 21.2. The van der Waals surface area contributed by atoms with Crippen molar-refractivity contribution in [3.63, 3.8) is 0 Å². The Balaban J connectivity index is 0.000000279. The van der Waals surface area contributed by atoms with Gasteiger partial charge in [0.1, 0.15) is 5.69 Å². The van der Waals surface area contributed by atoms with Crippen LogP contribution in [0.5, 0.6) is 0 Å². The molecule has 146 valence electrons. The fourth-order valence-electron chi connectivity index (χ4n) is 2.63. The minimum absolute atomic E-state index is 0.175. The Morgan fingerprint density at radius 3 is 2.61 bits per heavy atom. The Labute approximate surface area is 155 Å². The van der Waals surface area contributed by atoms with Gasteiger partial charge in [-0.1, -0.05) is 0 Å². The number of rotatable bonds is 1. The number of aliphatic carboxylic acids is 1. The zero-order valence-electron chi connectivity index (χ0n) is 14.4. The van der Waals surface area contributed by atoms with Crippen LogP contribution in [-0.4, -0.2) is 38.5 Å². The summed E-state index contributed by atoms with van der Waals surface area (Å²) in [6.07, 6.45) is -3.30. The standard InChI is InChI=1S/C15H13N5O.C2HF3O2/c1-8-4-9(2-3-16-8)14-11-5-10-7-17-15(21)18-12(10)6-13(11)19-20-14;3-2(4,5)1(6)7/h2-6H,7H2,1H3,(H,19,20)(H2,17,18,21);(H,6,7). The van der Waals surface area contributed by atoms with Gasteiger partial charge in [-0.3, -0.25) is 10.1 Å². The minimum Gasteiger partial charge on any atom is -0.475 e. The summed E-state index contributed by atoms with van der Waals surface area (Å²) in [6, 6.07) is 7.77. The van der Waals surface area contributed by atoms with Gasteiger partial charge in [-0.2, -0.15) is 18.3 Å². The Bertz CT molecular complexity index is 1060. The van der Waals surface area contributed by atoms with Gasteiger partial charge in [0, 0.05) is 35.1 Å². The number of amides is 2. The summed E-state index contributed by atoms with van der Waals surface area (Å²) in [5.41, 5.74) is 5.66. The molecule has 0 aliphatic carbocycles. The van der Waals surface area contributed by atoms with Crippen LogP contribution in [0.1, 0.15) is 11.3 Å². The highest BCUT2D eigenvalue weighted by molar-refractivity contribution is 5.99. The van der Waals surface area contributed by atoms with E-state index in [9.17, 15) is 18.0 Å². The largest absolute Gasteiger partial charge is 0.490 e. The molecule has 1 aromatic carbocycles. The molecule has 28 heavy (non-hydrogen) atoms. The van der Waals surface area contributed by atoms with E-state index in [1.54, 1.807) is 6.20 Å². The predicted octanol–water partition coefficient (Wildman–Crippen LogP) is 3.20. The van der Waals surface area contributed by atoms with E-state index in [1.807, 2.05) is 25.1 Å². The number of carboxylic acids is 1. The number of fused-ring (bicyclic) bond motifs is 2. The van der Waals surface area contributed by atoms with E-state index in [2.05, 4.69) is 31.9 Å². The summed E-state index contributed by atoms with van der Waals surface area (Å²) < 4.78 is 31.7. The molecule has 2 amide bonds. The van der Waals surface area contributed by atoms with E-state index < -0.39 is 12.1 Å². The maximum Gasteiger partial charge on any atom is 0.490 e. The number of halogens is 3. The Morgan fingerprint density at radius 2 is 1.96 bits per heavy atom. The van der Waals surface area contributed by atoms with Gasteiger partial charge >= 0.3 is 18.2 Å². The molecule has 2 aromatic heterocycles. The van der Waals surface area contributed by atoms with E-state index in [1.165, 1.54) is 0 Å². The molecule has 4 N–H and O–H groups in total. The number of anilines is 1. The summed E-state index contributed by atoms with van der Waals surface area (Å²) in [4.78, 5) is 24.5. The number of hydrogen-bond acceptors (Lipinski definition) is 4. The molecule has 0 fully saturated rings. The van der Waals surface area contributed by atoms with Crippen LogP contribution >= 0.6 is 0 Å². The molecule has 1 aliphatic heterocycles. The van der Waals surface area contributed by atoms with Crippen LogP contribution in [0.3, 0.4) is 0 Å². The Morgan fingerprint density at radius 1 is 1.25 bits per heavy atom. The first-order chi connectivity index (χ1) is 13.1. The first-order valence-corrected chi connectivity index (χ1v) is 7.94. The number of nitrogens with zero attached hydrogens (tertiary/aromatic N) is 2. The number of aromatic nitrogens is 3. The Hall–Kier alpha value is -3.63. The molecule has 8 nitrogen and oxygen atoms in total. The molecule has 0 unspecified atom stereocenters. The second kappa shape index (κ2) is 7.18. The molecule has 11 heteroatoms. The third-order valence-corrected chi connectivity index (χ3v) is 3.89. The second-order valence-electron chi connectivity index (χ2n) is 5.92. The zero-order valence-corrected chi connectivity index (χ0v) is 14.4. The van der Waals surface area contributed by atoms with Gasteiger partial charge in [0.05, 0.1) is 5.52 Å². The van der Waals surface area contributed by atoms with Crippen molar-refractivity contribution in [2.24, 2.45) is 0 Å². The van der Waals surface area contributed by atoms with E-state index in [0.29, 0.717) is 6.54 Å². The first kappa shape index (κ1) is 19.1. The predicted molar refractivity (Wildman–Crippen MR) is 93.6 cm³/mol. The minimum atomic E-state index is -5.08. The van der Waals surface area contributed by atoms with E-state index in [0.717, 1.165) is 39.1 Å². The van der Waals surface area contributed by atoms with Crippen LogP contribution < -0.4 is 10.6 Å². The van der Waals surface area contributed by atoms with E-state index in [4.69, 9.17) is 9.90 Å². The number of alkyl halides is 3. The summed E-state index contributed by atoms with van der Waals surface area (Å²) in [5.74, 6) is -2.76. The molecule has 0 radical (unpaired) electrons. The third-order valence-electron chi connectivity index (χ3n) is 3.89. The number of aryl methyl sites for hydroxylation is 1. The molecule has 0 atom stereocenters. The number of carbonyl (C=O) groups excluding carboxylic acids is 1. The maximum absolute atomic E-state index is 11.4. The molecule has 0 spiro atoms. The van der Waals surface area contributed by atoms with Crippen LogP contribution in [0.2, 0.25) is 0 Å². The number of pyridine rings is 1. The van der Waals surface area contributed by atoms with Crippen molar-refractivity contribution < 1.29 is 27.9 Å². The number of benzene rings is 1. The van der Waals surface area contributed by atoms with Crippen molar-refractivity contribution in [1.29, 1.82) is 0 Å². The highest BCUT2D eigenvalue weighted by Crippen LogP contribution is 2.31. The van der Waals surface area contributed by atoms with E-state index >= 15 is 0 Å². The van der Waals surface area contributed by atoms with Crippen molar-refractivity contribution in [3.8, 4) is 11.3 Å². The van der Waals surface area contributed by atoms with Crippen LogP contribution in [0, 0.1) is 6.92 Å². The number of carbonyl (C=O) groups is 2. The summed E-state index contributed by atoms with van der Waals surface area (Å²) in [6.45, 7) is 2.48. The van der Waals surface area contributed by atoms with Crippen LogP contribution in [0.15, 0.2) is 30.5 Å². The number of urea groups is 1. The van der Waals surface area contributed by atoms with Gasteiger partial charge in [-0.05, 0) is 36.8 Å². The normalized spacial score (nSPS) is 13.1. The molecule has 0 saturated heterocycles.